The first kappa shape index (κ1) is 15.7. The summed E-state index contributed by atoms with van der Waals surface area (Å²) in [6, 6.07) is 6.67. The summed E-state index contributed by atoms with van der Waals surface area (Å²) in [6.07, 6.45) is 1.66. The molecule has 2 rings (SSSR count). The van der Waals surface area contributed by atoms with E-state index in [1.165, 1.54) is 4.68 Å². The fraction of sp³-hybridized carbons (Fsp3) is 0.333. The number of benzene rings is 1. The number of aryl methyl sites for hydroxylation is 1. The average Bonchev–Trinajstić information content (AvgIpc) is 2.52. The van der Waals surface area contributed by atoms with Crippen LogP contribution in [0.3, 0.4) is 0 Å². The average molecular weight is 303 g/mol. The van der Waals surface area contributed by atoms with E-state index in [2.05, 4.69) is 5.10 Å². The highest BCUT2D eigenvalue weighted by atomic mass is 16.5. The summed E-state index contributed by atoms with van der Waals surface area (Å²) in [5.74, 6) is -1.53. The molecule has 1 heterocycles. The summed E-state index contributed by atoms with van der Waals surface area (Å²) >= 11 is 0. The first-order valence-electron chi connectivity index (χ1n) is 7.00. The molecule has 2 aromatic rings. The van der Waals surface area contributed by atoms with E-state index in [9.17, 15) is 14.4 Å². The maximum atomic E-state index is 12.3. The van der Waals surface area contributed by atoms with Crippen LogP contribution in [0.1, 0.15) is 30.3 Å². The molecule has 0 fully saturated rings. The van der Waals surface area contributed by atoms with Gasteiger partial charge in [-0.05, 0) is 12.5 Å². The SMILES string of the molecule is CCCCn1nc(C(=O)OCC(N)=O)c2ccccc2c1=O. The molecule has 0 saturated carbocycles. The summed E-state index contributed by atoms with van der Waals surface area (Å²) in [6.45, 7) is 1.88. The molecule has 116 valence electrons. The Kier molecular flexibility index (Phi) is 4.88. The zero-order valence-electron chi connectivity index (χ0n) is 12.2. The second-order valence-corrected chi connectivity index (χ2v) is 4.82. The highest BCUT2D eigenvalue weighted by molar-refractivity contribution is 6.02. The number of unbranched alkanes of at least 4 members (excludes halogenated alkanes) is 1. The van der Waals surface area contributed by atoms with Crippen molar-refractivity contribution >= 4 is 22.6 Å². The molecule has 0 aliphatic rings. The lowest BCUT2D eigenvalue weighted by Crippen LogP contribution is -2.28. The van der Waals surface area contributed by atoms with Gasteiger partial charge in [0.1, 0.15) is 0 Å². The van der Waals surface area contributed by atoms with Crippen molar-refractivity contribution in [2.75, 3.05) is 6.61 Å². The van der Waals surface area contributed by atoms with Gasteiger partial charge in [0.2, 0.25) is 0 Å². The van der Waals surface area contributed by atoms with Crippen molar-refractivity contribution in [3.8, 4) is 0 Å². The number of ether oxygens (including phenoxy) is 1. The van der Waals surface area contributed by atoms with E-state index < -0.39 is 18.5 Å². The number of esters is 1. The van der Waals surface area contributed by atoms with Crippen LogP contribution in [0.4, 0.5) is 0 Å². The third-order valence-corrected chi connectivity index (χ3v) is 3.13. The smallest absolute Gasteiger partial charge is 0.359 e. The van der Waals surface area contributed by atoms with Crippen LogP contribution in [0.25, 0.3) is 10.8 Å². The summed E-state index contributed by atoms with van der Waals surface area (Å²) in [5, 5.41) is 4.88. The molecular formula is C15H17N3O4. The second kappa shape index (κ2) is 6.84. The number of nitrogens with zero attached hydrogens (tertiary/aromatic N) is 2. The molecule has 0 unspecified atom stereocenters. The third-order valence-electron chi connectivity index (χ3n) is 3.13. The molecule has 0 radical (unpaired) electrons. The van der Waals surface area contributed by atoms with Crippen molar-refractivity contribution in [2.24, 2.45) is 5.73 Å². The monoisotopic (exact) mass is 303 g/mol. The zero-order chi connectivity index (χ0) is 16.1. The molecular weight excluding hydrogens is 286 g/mol. The number of primary amides is 1. The fourth-order valence-electron chi connectivity index (χ4n) is 2.05. The van der Waals surface area contributed by atoms with Crippen molar-refractivity contribution in [3.63, 3.8) is 0 Å². The number of carbonyl (C=O) groups is 2. The normalized spacial score (nSPS) is 10.6. The van der Waals surface area contributed by atoms with Gasteiger partial charge in [-0.2, -0.15) is 5.10 Å². The molecule has 0 saturated heterocycles. The van der Waals surface area contributed by atoms with Gasteiger partial charge < -0.3 is 10.5 Å². The first-order valence-corrected chi connectivity index (χ1v) is 7.00. The van der Waals surface area contributed by atoms with Crippen LogP contribution in [-0.4, -0.2) is 28.3 Å². The van der Waals surface area contributed by atoms with Crippen molar-refractivity contribution in [2.45, 2.75) is 26.3 Å². The Morgan fingerprint density at radius 2 is 1.95 bits per heavy atom. The van der Waals surface area contributed by atoms with Crippen molar-refractivity contribution in [1.82, 2.24) is 9.78 Å². The van der Waals surface area contributed by atoms with Gasteiger partial charge in [-0.15, -0.1) is 0 Å². The molecule has 1 aromatic heterocycles. The first-order chi connectivity index (χ1) is 10.5. The van der Waals surface area contributed by atoms with Crippen LogP contribution in [0.2, 0.25) is 0 Å². The van der Waals surface area contributed by atoms with Gasteiger partial charge in [0.15, 0.2) is 12.3 Å². The van der Waals surface area contributed by atoms with Crippen LogP contribution in [0.5, 0.6) is 0 Å². The van der Waals surface area contributed by atoms with E-state index in [1.54, 1.807) is 24.3 Å². The number of aromatic nitrogens is 2. The minimum absolute atomic E-state index is 0.00699. The number of carbonyl (C=O) groups excluding carboxylic acids is 2. The van der Waals surface area contributed by atoms with Crippen LogP contribution in [-0.2, 0) is 16.1 Å². The van der Waals surface area contributed by atoms with Crippen LogP contribution >= 0.6 is 0 Å². The molecule has 0 spiro atoms. The quantitative estimate of drug-likeness (QED) is 0.796. The summed E-state index contributed by atoms with van der Waals surface area (Å²) in [7, 11) is 0. The van der Waals surface area contributed by atoms with E-state index in [0.29, 0.717) is 17.3 Å². The van der Waals surface area contributed by atoms with E-state index in [-0.39, 0.29) is 11.3 Å². The number of nitrogens with two attached hydrogens (primary N) is 1. The minimum atomic E-state index is -0.778. The van der Waals surface area contributed by atoms with Gasteiger partial charge >= 0.3 is 5.97 Å². The van der Waals surface area contributed by atoms with E-state index >= 15 is 0 Å². The lowest BCUT2D eigenvalue weighted by molar-refractivity contribution is -0.121. The molecule has 2 N–H and O–H groups in total. The highest BCUT2D eigenvalue weighted by Crippen LogP contribution is 2.14. The summed E-state index contributed by atoms with van der Waals surface area (Å²) < 4.78 is 6.06. The number of hydrogen-bond donors (Lipinski definition) is 1. The molecule has 7 heteroatoms. The Morgan fingerprint density at radius 1 is 1.27 bits per heavy atom. The van der Waals surface area contributed by atoms with E-state index in [0.717, 1.165) is 12.8 Å². The van der Waals surface area contributed by atoms with Crippen molar-refractivity contribution in [1.29, 1.82) is 0 Å². The Morgan fingerprint density at radius 3 is 2.59 bits per heavy atom. The Labute approximate surface area is 126 Å². The van der Waals surface area contributed by atoms with Crippen LogP contribution in [0.15, 0.2) is 29.1 Å². The Hall–Kier alpha value is -2.70. The van der Waals surface area contributed by atoms with E-state index in [1.807, 2.05) is 6.92 Å². The molecule has 7 nitrogen and oxygen atoms in total. The van der Waals surface area contributed by atoms with Gasteiger partial charge in [0.25, 0.3) is 11.5 Å². The molecule has 0 atom stereocenters. The molecule has 0 aliphatic carbocycles. The molecule has 0 bridgehead atoms. The van der Waals surface area contributed by atoms with Gasteiger partial charge in [0.05, 0.1) is 5.39 Å². The maximum Gasteiger partial charge on any atom is 0.359 e. The second-order valence-electron chi connectivity index (χ2n) is 4.82. The lowest BCUT2D eigenvalue weighted by Gasteiger charge is -2.10. The van der Waals surface area contributed by atoms with Crippen LogP contribution < -0.4 is 11.3 Å². The van der Waals surface area contributed by atoms with Gasteiger partial charge in [0, 0.05) is 11.9 Å². The summed E-state index contributed by atoms with van der Waals surface area (Å²) in [5.41, 5.74) is 4.71. The largest absolute Gasteiger partial charge is 0.451 e. The molecule has 22 heavy (non-hydrogen) atoms. The number of hydrogen-bond acceptors (Lipinski definition) is 5. The predicted octanol–water partition coefficient (Wildman–Crippen LogP) is 0.839. The topological polar surface area (TPSA) is 104 Å². The number of rotatable bonds is 6. The van der Waals surface area contributed by atoms with Gasteiger partial charge in [-0.25, -0.2) is 9.48 Å². The zero-order valence-corrected chi connectivity index (χ0v) is 12.2. The standard InChI is InChI=1S/C15H17N3O4/c1-2-3-8-18-14(20)11-7-5-4-6-10(11)13(17-18)15(21)22-9-12(16)19/h4-7H,2-3,8-9H2,1H3,(H2,16,19). The Bertz CT molecular complexity index is 767. The number of amides is 1. The Balaban J connectivity index is 2.51. The summed E-state index contributed by atoms with van der Waals surface area (Å²) in [4.78, 5) is 35.2. The molecule has 1 amide bonds. The fourth-order valence-corrected chi connectivity index (χ4v) is 2.05. The minimum Gasteiger partial charge on any atom is -0.451 e. The van der Waals surface area contributed by atoms with Crippen molar-refractivity contribution in [3.05, 3.63) is 40.3 Å². The van der Waals surface area contributed by atoms with E-state index in [4.69, 9.17) is 10.5 Å². The number of fused-ring (bicyclic) bond motifs is 1. The lowest BCUT2D eigenvalue weighted by atomic mass is 10.1. The van der Waals surface area contributed by atoms with Crippen molar-refractivity contribution < 1.29 is 14.3 Å². The van der Waals surface area contributed by atoms with Gasteiger partial charge in [-0.1, -0.05) is 31.5 Å². The predicted molar refractivity (Wildman–Crippen MR) is 80.4 cm³/mol. The van der Waals surface area contributed by atoms with Gasteiger partial charge in [-0.3, -0.25) is 9.59 Å². The highest BCUT2D eigenvalue weighted by Gasteiger charge is 2.18. The maximum absolute atomic E-state index is 12.3. The third kappa shape index (κ3) is 3.30. The van der Waals surface area contributed by atoms with Crippen LogP contribution in [0, 0.1) is 0 Å². The molecule has 0 aliphatic heterocycles. The molecule has 1 aromatic carbocycles.